The van der Waals surface area contributed by atoms with Gasteiger partial charge in [0.05, 0.1) is 18.4 Å². The Morgan fingerprint density at radius 2 is 2.47 bits per heavy atom. The van der Waals surface area contributed by atoms with Gasteiger partial charge in [-0.1, -0.05) is 6.92 Å². The fourth-order valence-corrected chi connectivity index (χ4v) is 2.05. The molecular formula is C11H21N5O. The second-order valence-corrected chi connectivity index (χ2v) is 4.37. The van der Waals surface area contributed by atoms with E-state index in [9.17, 15) is 0 Å². The highest BCUT2D eigenvalue weighted by Gasteiger charge is 2.19. The highest BCUT2D eigenvalue weighted by molar-refractivity contribution is 5.59. The molecule has 1 saturated heterocycles. The van der Waals surface area contributed by atoms with Gasteiger partial charge in [0.1, 0.15) is 0 Å². The summed E-state index contributed by atoms with van der Waals surface area (Å²) in [4.78, 5) is 2.39. The Bertz CT molecular complexity index is 365. The molecule has 6 nitrogen and oxygen atoms in total. The Hall–Kier alpha value is -1.27. The lowest BCUT2D eigenvalue weighted by Crippen LogP contribution is -2.45. The third-order valence-corrected chi connectivity index (χ3v) is 3.02. The Morgan fingerprint density at radius 3 is 3.12 bits per heavy atom. The van der Waals surface area contributed by atoms with Crippen LogP contribution in [0.5, 0.6) is 0 Å². The van der Waals surface area contributed by atoms with Crippen LogP contribution >= 0.6 is 0 Å². The molecule has 1 aliphatic rings. The Morgan fingerprint density at radius 1 is 1.65 bits per heavy atom. The van der Waals surface area contributed by atoms with E-state index in [1.54, 1.807) is 10.9 Å². The average molecular weight is 239 g/mol. The molecule has 17 heavy (non-hydrogen) atoms. The number of anilines is 2. The van der Waals surface area contributed by atoms with Gasteiger partial charge in [-0.2, -0.15) is 5.10 Å². The third-order valence-electron chi connectivity index (χ3n) is 3.02. The van der Waals surface area contributed by atoms with Crippen LogP contribution in [0.1, 0.15) is 6.92 Å². The van der Waals surface area contributed by atoms with Crippen LogP contribution < -0.4 is 11.1 Å². The molecule has 0 spiro atoms. The number of nitrogens with two attached hydrogens (primary N) is 1. The van der Waals surface area contributed by atoms with Gasteiger partial charge < -0.3 is 15.8 Å². The number of aryl methyl sites for hydroxylation is 1. The quantitative estimate of drug-likeness (QED) is 0.782. The van der Waals surface area contributed by atoms with Crippen LogP contribution in [0.15, 0.2) is 6.20 Å². The summed E-state index contributed by atoms with van der Waals surface area (Å²) in [7, 11) is 1.86. The average Bonchev–Trinajstić information content (AvgIpc) is 2.65. The minimum Gasteiger partial charge on any atom is -0.394 e. The van der Waals surface area contributed by atoms with Crippen LogP contribution in [-0.2, 0) is 11.8 Å². The van der Waals surface area contributed by atoms with Crippen LogP contribution in [0, 0.1) is 0 Å². The maximum Gasteiger partial charge on any atom is 0.171 e. The molecule has 2 rings (SSSR count). The Labute approximate surface area is 102 Å². The van der Waals surface area contributed by atoms with E-state index in [1.807, 2.05) is 7.05 Å². The smallest absolute Gasteiger partial charge is 0.171 e. The van der Waals surface area contributed by atoms with Crippen molar-refractivity contribution in [2.45, 2.75) is 13.0 Å². The van der Waals surface area contributed by atoms with Gasteiger partial charge >= 0.3 is 0 Å². The summed E-state index contributed by atoms with van der Waals surface area (Å²) in [5, 5.41) is 7.48. The van der Waals surface area contributed by atoms with Gasteiger partial charge in [0.25, 0.3) is 0 Å². The summed E-state index contributed by atoms with van der Waals surface area (Å²) in [5.74, 6) is 0.740. The summed E-state index contributed by atoms with van der Waals surface area (Å²) in [5.41, 5.74) is 6.49. The van der Waals surface area contributed by atoms with E-state index < -0.39 is 0 Å². The van der Waals surface area contributed by atoms with Crippen molar-refractivity contribution in [3.8, 4) is 0 Å². The first-order chi connectivity index (χ1) is 8.19. The van der Waals surface area contributed by atoms with E-state index in [4.69, 9.17) is 10.5 Å². The Kier molecular flexibility index (Phi) is 3.86. The second kappa shape index (κ2) is 5.37. The number of nitrogen functional groups attached to an aromatic ring is 1. The predicted molar refractivity (Wildman–Crippen MR) is 68.0 cm³/mol. The number of ether oxygens (including phenoxy) is 1. The summed E-state index contributed by atoms with van der Waals surface area (Å²) < 4.78 is 7.40. The van der Waals surface area contributed by atoms with Crippen molar-refractivity contribution in [1.82, 2.24) is 14.7 Å². The monoisotopic (exact) mass is 239 g/mol. The lowest BCUT2D eigenvalue weighted by atomic mass is 10.2. The lowest BCUT2D eigenvalue weighted by Gasteiger charge is -2.32. The van der Waals surface area contributed by atoms with Crippen molar-refractivity contribution >= 4 is 11.5 Å². The zero-order chi connectivity index (χ0) is 12.3. The molecule has 96 valence electrons. The van der Waals surface area contributed by atoms with Crippen LogP contribution in [-0.4, -0.2) is 53.6 Å². The molecule has 2 heterocycles. The van der Waals surface area contributed by atoms with Gasteiger partial charge in [0.15, 0.2) is 5.82 Å². The first-order valence-electron chi connectivity index (χ1n) is 6.06. The lowest BCUT2D eigenvalue weighted by molar-refractivity contribution is -0.0192. The molecule has 0 saturated carbocycles. The largest absolute Gasteiger partial charge is 0.394 e. The number of hydrogen-bond acceptors (Lipinski definition) is 5. The van der Waals surface area contributed by atoms with Crippen molar-refractivity contribution in [1.29, 1.82) is 0 Å². The molecule has 1 unspecified atom stereocenters. The van der Waals surface area contributed by atoms with Crippen molar-refractivity contribution in [3.63, 3.8) is 0 Å². The maximum atomic E-state index is 5.81. The van der Waals surface area contributed by atoms with E-state index in [1.165, 1.54) is 0 Å². The van der Waals surface area contributed by atoms with Gasteiger partial charge in [-0.05, 0) is 6.54 Å². The van der Waals surface area contributed by atoms with Gasteiger partial charge in [0.2, 0.25) is 0 Å². The molecule has 0 aliphatic carbocycles. The number of nitrogens with zero attached hydrogens (tertiary/aromatic N) is 3. The molecule has 1 aromatic rings. The topological polar surface area (TPSA) is 68.3 Å². The minimum absolute atomic E-state index is 0.213. The minimum atomic E-state index is 0.213. The summed E-state index contributed by atoms with van der Waals surface area (Å²) >= 11 is 0. The number of likely N-dealkylation sites (N-methyl/N-ethyl adjacent to an activating group) is 1. The first kappa shape index (κ1) is 12.2. The SMILES string of the molecule is CCN1CCOC(CNc2nn(C)cc2N)C1. The molecule has 0 aromatic carbocycles. The number of nitrogens with one attached hydrogen (secondary N) is 1. The highest BCUT2D eigenvalue weighted by atomic mass is 16.5. The fraction of sp³-hybridized carbons (Fsp3) is 0.727. The molecule has 0 bridgehead atoms. The third kappa shape index (κ3) is 3.10. The molecule has 6 heteroatoms. The highest BCUT2D eigenvalue weighted by Crippen LogP contribution is 2.15. The molecule has 1 aliphatic heterocycles. The zero-order valence-corrected chi connectivity index (χ0v) is 10.5. The summed E-state index contributed by atoms with van der Waals surface area (Å²) in [6.45, 7) is 6.79. The van der Waals surface area contributed by atoms with E-state index in [0.717, 1.165) is 38.6 Å². The standard InChI is InChI=1S/C11H21N5O/c1-3-16-4-5-17-9(7-16)6-13-11-10(12)8-15(2)14-11/h8-9H,3-7,12H2,1-2H3,(H,13,14). The number of morpholine rings is 1. The van der Waals surface area contributed by atoms with Gasteiger partial charge in [-0.15, -0.1) is 0 Å². The van der Waals surface area contributed by atoms with E-state index in [2.05, 4.69) is 22.2 Å². The second-order valence-electron chi connectivity index (χ2n) is 4.37. The van der Waals surface area contributed by atoms with Crippen LogP contribution in [0.25, 0.3) is 0 Å². The van der Waals surface area contributed by atoms with Crippen molar-refractivity contribution in [2.75, 3.05) is 43.8 Å². The van der Waals surface area contributed by atoms with E-state index in [0.29, 0.717) is 5.69 Å². The zero-order valence-electron chi connectivity index (χ0n) is 10.5. The maximum absolute atomic E-state index is 5.81. The van der Waals surface area contributed by atoms with Crippen LogP contribution in [0.4, 0.5) is 11.5 Å². The van der Waals surface area contributed by atoms with Crippen LogP contribution in [0.2, 0.25) is 0 Å². The summed E-state index contributed by atoms with van der Waals surface area (Å²) in [6, 6.07) is 0. The van der Waals surface area contributed by atoms with E-state index >= 15 is 0 Å². The number of aromatic nitrogens is 2. The van der Waals surface area contributed by atoms with E-state index in [-0.39, 0.29) is 6.10 Å². The van der Waals surface area contributed by atoms with Crippen molar-refractivity contribution in [2.24, 2.45) is 7.05 Å². The predicted octanol–water partition coefficient (Wildman–Crippen LogP) is 0.135. The fourth-order valence-electron chi connectivity index (χ4n) is 2.05. The number of hydrogen-bond donors (Lipinski definition) is 2. The van der Waals surface area contributed by atoms with Crippen molar-refractivity contribution < 1.29 is 4.74 Å². The first-order valence-corrected chi connectivity index (χ1v) is 6.06. The molecule has 1 fully saturated rings. The summed E-state index contributed by atoms with van der Waals surface area (Å²) in [6.07, 6.45) is 2.01. The normalized spacial score (nSPS) is 21.6. The van der Waals surface area contributed by atoms with Crippen molar-refractivity contribution in [3.05, 3.63) is 6.20 Å². The molecule has 0 amide bonds. The Balaban J connectivity index is 1.83. The van der Waals surface area contributed by atoms with Gasteiger partial charge in [-0.25, -0.2) is 0 Å². The number of rotatable bonds is 4. The van der Waals surface area contributed by atoms with Crippen LogP contribution in [0.3, 0.4) is 0 Å². The molecule has 1 atom stereocenters. The molecular weight excluding hydrogens is 218 g/mol. The van der Waals surface area contributed by atoms with Gasteiger partial charge in [0, 0.05) is 32.9 Å². The molecule has 1 aromatic heterocycles. The molecule has 3 N–H and O–H groups in total. The molecule has 0 radical (unpaired) electrons. The van der Waals surface area contributed by atoms with Gasteiger partial charge in [-0.3, -0.25) is 9.58 Å².